The summed E-state index contributed by atoms with van der Waals surface area (Å²) >= 11 is 0. The lowest BCUT2D eigenvalue weighted by Crippen LogP contribution is -2.52. The molecular formula is C21H28N2O. The zero-order valence-electron chi connectivity index (χ0n) is 14.5. The van der Waals surface area contributed by atoms with Gasteiger partial charge in [0.25, 0.3) is 0 Å². The predicted molar refractivity (Wildman–Crippen MR) is 96.1 cm³/mol. The number of carbonyl (C=O) groups is 1. The van der Waals surface area contributed by atoms with Crippen molar-refractivity contribution in [2.75, 3.05) is 18.0 Å². The fraction of sp³-hybridized carbons (Fsp3) is 0.667. The lowest BCUT2D eigenvalue weighted by molar-refractivity contribution is -0.119. The van der Waals surface area contributed by atoms with Crippen molar-refractivity contribution in [3.8, 4) is 0 Å². The first-order valence-electron chi connectivity index (χ1n) is 9.93. The first-order valence-corrected chi connectivity index (χ1v) is 9.93. The van der Waals surface area contributed by atoms with Gasteiger partial charge in [-0.1, -0.05) is 24.6 Å². The molecule has 1 aromatic rings. The highest BCUT2D eigenvalue weighted by Gasteiger charge is 2.43. The molecule has 3 atom stereocenters. The monoisotopic (exact) mass is 324 g/mol. The van der Waals surface area contributed by atoms with Gasteiger partial charge < -0.3 is 4.90 Å². The number of likely N-dealkylation sites (tertiary alicyclic amines) is 1. The molecule has 0 aromatic heterocycles. The third kappa shape index (κ3) is 2.40. The molecule has 128 valence electrons. The van der Waals surface area contributed by atoms with E-state index in [-0.39, 0.29) is 0 Å². The van der Waals surface area contributed by atoms with E-state index in [2.05, 4.69) is 34.1 Å². The number of para-hydroxylation sites is 1. The Balaban J connectivity index is 1.29. The van der Waals surface area contributed by atoms with E-state index in [0.29, 0.717) is 18.4 Å². The minimum atomic E-state index is 0.340. The van der Waals surface area contributed by atoms with E-state index in [1.807, 2.05) is 0 Å². The molecule has 0 spiro atoms. The molecule has 1 amide bonds. The number of carbonyl (C=O) groups excluding carboxylic acids is 1. The van der Waals surface area contributed by atoms with Crippen LogP contribution in [0.1, 0.15) is 50.5 Å². The highest BCUT2D eigenvalue weighted by Crippen LogP contribution is 2.47. The number of amides is 1. The van der Waals surface area contributed by atoms with Crippen molar-refractivity contribution in [3.05, 3.63) is 29.8 Å². The summed E-state index contributed by atoms with van der Waals surface area (Å²) in [6.45, 7) is 2.37. The molecule has 4 aliphatic rings. The average molecular weight is 324 g/mol. The lowest BCUT2D eigenvalue weighted by Gasteiger charge is -2.44. The molecule has 2 aliphatic carbocycles. The fourth-order valence-corrected chi connectivity index (χ4v) is 5.99. The van der Waals surface area contributed by atoms with Crippen molar-refractivity contribution in [2.45, 2.75) is 63.5 Å². The van der Waals surface area contributed by atoms with Crippen LogP contribution in [0.25, 0.3) is 0 Å². The standard InChI is InChI=1S/C21H28N2O/c24-21-8-7-16-3-1-2-4-19(16)23(21)18-9-11-22(12-10-18)20-14-15-5-6-17(20)13-15/h1-4,15,17-18,20H,5-14H2. The van der Waals surface area contributed by atoms with Crippen LogP contribution in [0, 0.1) is 11.8 Å². The molecular weight excluding hydrogens is 296 g/mol. The minimum Gasteiger partial charge on any atom is -0.309 e. The molecule has 3 nitrogen and oxygen atoms in total. The molecule has 3 heteroatoms. The van der Waals surface area contributed by atoms with Gasteiger partial charge in [-0.05, 0) is 62.0 Å². The summed E-state index contributed by atoms with van der Waals surface area (Å²) in [5.41, 5.74) is 2.54. The number of piperidine rings is 1. The number of fused-ring (bicyclic) bond motifs is 3. The van der Waals surface area contributed by atoms with Gasteiger partial charge in [0.1, 0.15) is 0 Å². The van der Waals surface area contributed by atoms with E-state index in [0.717, 1.165) is 37.1 Å². The number of aryl methyl sites for hydroxylation is 1. The number of rotatable bonds is 2. The van der Waals surface area contributed by atoms with E-state index in [9.17, 15) is 4.79 Å². The van der Waals surface area contributed by atoms with Crippen LogP contribution in [-0.2, 0) is 11.2 Å². The normalized spacial score (nSPS) is 33.9. The summed E-state index contributed by atoms with van der Waals surface area (Å²) in [5, 5.41) is 0. The van der Waals surface area contributed by atoms with Gasteiger partial charge in [0.15, 0.2) is 0 Å². The molecule has 3 unspecified atom stereocenters. The van der Waals surface area contributed by atoms with E-state index in [4.69, 9.17) is 0 Å². The van der Waals surface area contributed by atoms with Gasteiger partial charge >= 0.3 is 0 Å². The second-order valence-electron chi connectivity index (χ2n) is 8.40. The smallest absolute Gasteiger partial charge is 0.227 e. The van der Waals surface area contributed by atoms with Crippen LogP contribution in [0.4, 0.5) is 5.69 Å². The third-order valence-corrected chi connectivity index (χ3v) is 7.16. The maximum Gasteiger partial charge on any atom is 0.227 e. The highest BCUT2D eigenvalue weighted by atomic mass is 16.2. The summed E-state index contributed by atoms with van der Waals surface area (Å²) in [5.74, 6) is 2.34. The van der Waals surface area contributed by atoms with Crippen molar-refractivity contribution in [1.29, 1.82) is 0 Å². The molecule has 0 radical (unpaired) electrons. The van der Waals surface area contributed by atoms with Gasteiger partial charge in [-0.3, -0.25) is 9.69 Å². The molecule has 2 bridgehead atoms. The minimum absolute atomic E-state index is 0.340. The topological polar surface area (TPSA) is 23.6 Å². The summed E-state index contributed by atoms with van der Waals surface area (Å²) in [4.78, 5) is 17.5. The van der Waals surface area contributed by atoms with Crippen LogP contribution in [-0.4, -0.2) is 36.0 Å². The summed E-state index contributed by atoms with van der Waals surface area (Å²) < 4.78 is 0. The Morgan fingerprint density at radius 3 is 2.50 bits per heavy atom. The highest BCUT2D eigenvalue weighted by molar-refractivity contribution is 5.97. The van der Waals surface area contributed by atoms with Gasteiger partial charge in [0, 0.05) is 37.3 Å². The van der Waals surface area contributed by atoms with Crippen molar-refractivity contribution in [1.82, 2.24) is 4.90 Å². The fourth-order valence-electron chi connectivity index (χ4n) is 5.99. The van der Waals surface area contributed by atoms with Crippen LogP contribution in [0.15, 0.2) is 24.3 Å². The lowest BCUT2D eigenvalue weighted by atomic mass is 9.90. The third-order valence-electron chi connectivity index (χ3n) is 7.16. The number of hydrogen-bond acceptors (Lipinski definition) is 2. The molecule has 1 aromatic carbocycles. The molecule has 1 saturated heterocycles. The number of hydrogen-bond donors (Lipinski definition) is 0. The summed E-state index contributed by atoms with van der Waals surface area (Å²) in [6, 6.07) is 9.79. The maximum absolute atomic E-state index is 12.6. The quantitative estimate of drug-likeness (QED) is 0.829. The van der Waals surface area contributed by atoms with Gasteiger partial charge in [0.05, 0.1) is 0 Å². The van der Waals surface area contributed by atoms with Crippen LogP contribution in [0.3, 0.4) is 0 Å². The summed E-state index contributed by atoms with van der Waals surface area (Å²) in [6.07, 6.45) is 9.77. The molecule has 2 aliphatic heterocycles. The SMILES string of the molecule is O=C1CCc2ccccc2N1C1CCN(C2CC3CCC2C3)CC1. The molecule has 24 heavy (non-hydrogen) atoms. The Morgan fingerprint density at radius 2 is 1.75 bits per heavy atom. The van der Waals surface area contributed by atoms with Crippen molar-refractivity contribution < 1.29 is 4.79 Å². The number of anilines is 1. The van der Waals surface area contributed by atoms with Crippen LogP contribution in [0.5, 0.6) is 0 Å². The Kier molecular flexibility index (Phi) is 3.66. The van der Waals surface area contributed by atoms with Gasteiger partial charge in [-0.25, -0.2) is 0 Å². The van der Waals surface area contributed by atoms with Crippen molar-refractivity contribution in [3.63, 3.8) is 0 Å². The van der Waals surface area contributed by atoms with Gasteiger partial charge in [-0.15, -0.1) is 0 Å². The second kappa shape index (κ2) is 5.87. The average Bonchev–Trinajstić information content (AvgIpc) is 3.25. The zero-order chi connectivity index (χ0) is 16.1. The van der Waals surface area contributed by atoms with Crippen molar-refractivity contribution >= 4 is 11.6 Å². The van der Waals surface area contributed by atoms with Crippen LogP contribution < -0.4 is 4.90 Å². The molecule has 0 N–H and O–H groups in total. The molecule has 2 heterocycles. The number of nitrogens with zero attached hydrogens (tertiary/aromatic N) is 2. The summed E-state index contributed by atoms with van der Waals surface area (Å²) in [7, 11) is 0. The Labute approximate surface area is 145 Å². The Morgan fingerprint density at radius 1 is 0.917 bits per heavy atom. The largest absolute Gasteiger partial charge is 0.309 e. The van der Waals surface area contributed by atoms with Crippen molar-refractivity contribution in [2.24, 2.45) is 11.8 Å². The second-order valence-corrected chi connectivity index (χ2v) is 8.40. The van der Waals surface area contributed by atoms with E-state index in [1.165, 1.54) is 50.0 Å². The first-order chi connectivity index (χ1) is 11.8. The zero-order valence-corrected chi connectivity index (χ0v) is 14.5. The van der Waals surface area contributed by atoms with Crippen LogP contribution in [0.2, 0.25) is 0 Å². The van der Waals surface area contributed by atoms with E-state index < -0.39 is 0 Å². The van der Waals surface area contributed by atoms with Crippen LogP contribution >= 0.6 is 0 Å². The first kappa shape index (κ1) is 14.9. The molecule has 3 fully saturated rings. The van der Waals surface area contributed by atoms with E-state index >= 15 is 0 Å². The predicted octanol–water partition coefficient (Wildman–Crippen LogP) is 3.62. The maximum atomic E-state index is 12.6. The number of benzene rings is 1. The molecule has 5 rings (SSSR count). The Bertz CT molecular complexity index is 634. The van der Waals surface area contributed by atoms with E-state index in [1.54, 1.807) is 0 Å². The van der Waals surface area contributed by atoms with Gasteiger partial charge in [0.2, 0.25) is 5.91 Å². The molecule has 2 saturated carbocycles. The van der Waals surface area contributed by atoms with Gasteiger partial charge in [-0.2, -0.15) is 0 Å². The Hall–Kier alpha value is -1.35.